The van der Waals surface area contributed by atoms with Crippen molar-refractivity contribution in [2.24, 2.45) is 0 Å². The number of nitrogens with zero attached hydrogens (tertiary/aromatic N) is 2. The highest BCUT2D eigenvalue weighted by Gasteiger charge is 2.09. The minimum atomic E-state index is -0.328. The van der Waals surface area contributed by atoms with E-state index in [9.17, 15) is 4.79 Å². The number of aromatic nitrogens is 2. The van der Waals surface area contributed by atoms with Crippen molar-refractivity contribution in [3.8, 4) is 5.75 Å². The Morgan fingerprint density at radius 3 is 2.89 bits per heavy atom. The Morgan fingerprint density at radius 2 is 2.16 bits per heavy atom. The predicted octanol–water partition coefficient (Wildman–Crippen LogP) is 0.997. The van der Waals surface area contributed by atoms with E-state index in [0.717, 1.165) is 11.3 Å². The van der Waals surface area contributed by atoms with Crippen LogP contribution in [0.15, 0.2) is 36.7 Å². The molecule has 0 aliphatic rings. The Labute approximate surface area is 110 Å². The summed E-state index contributed by atoms with van der Waals surface area (Å²) in [6.45, 7) is 0.347. The third kappa shape index (κ3) is 3.19. The molecule has 1 amide bonds. The monoisotopic (exact) mass is 258 g/mol. The number of nitrogens with one attached hydrogen (secondary N) is 1. The van der Waals surface area contributed by atoms with Gasteiger partial charge in [-0.2, -0.15) is 0 Å². The summed E-state index contributed by atoms with van der Waals surface area (Å²) in [7, 11) is 1.59. The third-order valence-corrected chi connectivity index (χ3v) is 2.52. The van der Waals surface area contributed by atoms with Crippen molar-refractivity contribution in [1.82, 2.24) is 15.3 Å². The second kappa shape index (κ2) is 5.81. The molecular weight excluding hydrogens is 244 g/mol. The van der Waals surface area contributed by atoms with Crippen molar-refractivity contribution in [1.29, 1.82) is 0 Å². The highest BCUT2D eigenvalue weighted by atomic mass is 16.5. The molecule has 0 bridgehead atoms. The first-order chi connectivity index (χ1) is 9.20. The summed E-state index contributed by atoms with van der Waals surface area (Å²) >= 11 is 0. The van der Waals surface area contributed by atoms with Crippen LogP contribution in [0.25, 0.3) is 0 Å². The van der Waals surface area contributed by atoms with E-state index in [1.165, 1.54) is 12.4 Å². The summed E-state index contributed by atoms with van der Waals surface area (Å²) in [6.07, 6.45) is 2.75. The molecule has 0 atom stereocenters. The first kappa shape index (κ1) is 12.8. The van der Waals surface area contributed by atoms with Gasteiger partial charge < -0.3 is 15.8 Å². The van der Waals surface area contributed by atoms with Gasteiger partial charge in [0.2, 0.25) is 0 Å². The Kier molecular flexibility index (Phi) is 3.92. The summed E-state index contributed by atoms with van der Waals surface area (Å²) < 4.78 is 5.20. The number of hydrogen-bond donors (Lipinski definition) is 2. The van der Waals surface area contributed by atoms with Gasteiger partial charge >= 0.3 is 0 Å². The number of nitrogens with two attached hydrogens (primary N) is 1. The molecule has 0 unspecified atom stereocenters. The fraction of sp³-hybridized carbons (Fsp3) is 0.154. The number of ether oxygens (including phenoxy) is 1. The molecule has 0 spiro atoms. The number of carbonyl (C=O) groups excluding carboxylic acids is 1. The van der Waals surface area contributed by atoms with E-state index >= 15 is 0 Å². The maximum Gasteiger partial charge on any atom is 0.271 e. The third-order valence-electron chi connectivity index (χ3n) is 2.52. The van der Waals surface area contributed by atoms with Crippen LogP contribution in [-0.2, 0) is 6.54 Å². The standard InChI is InChI=1S/C13H14N4O2/c1-19-11-5-3-2-4-9(11)6-16-13(18)10-7-15-8-12(14)17-10/h2-5,7-8H,6H2,1H3,(H2,14,17)(H,16,18). The lowest BCUT2D eigenvalue weighted by Crippen LogP contribution is -2.24. The van der Waals surface area contributed by atoms with E-state index in [1.54, 1.807) is 7.11 Å². The van der Waals surface area contributed by atoms with Crippen LogP contribution >= 0.6 is 0 Å². The molecule has 0 aliphatic heterocycles. The second-order valence-electron chi connectivity index (χ2n) is 3.82. The maximum absolute atomic E-state index is 11.9. The number of hydrogen-bond acceptors (Lipinski definition) is 5. The number of carbonyl (C=O) groups is 1. The smallest absolute Gasteiger partial charge is 0.271 e. The average molecular weight is 258 g/mol. The molecule has 0 fully saturated rings. The summed E-state index contributed by atoms with van der Waals surface area (Å²) in [5.41, 5.74) is 6.55. The van der Waals surface area contributed by atoms with Crippen LogP contribution in [0, 0.1) is 0 Å². The highest BCUT2D eigenvalue weighted by molar-refractivity contribution is 5.92. The summed E-state index contributed by atoms with van der Waals surface area (Å²) in [5, 5.41) is 2.74. The van der Waals surface area contributed by atoms with Gasteiger partial charge in [-0.1, -0.05) is 18.2 Å². The molecule has 1 aromatic heterocycles. The lowest BCUT2D eigenvalue weighted by atomic mass is 10.2. The second-order valence-corrected chi connectivity index (χ2v) is 3.82. The van der Waals surface area contributed by atoms with Gasteiger partial charge in [0.1, 0.15) is 17.3 Å². The molecule has 0 saturated heterocycles. The van der Waals surface area contributed by atoms with Gasteiger partial charge in [-0.05, 0) is 6.07 Å². The Morgan fingerprint density at radius 1 is 1.37 bits per heavy atom. The zero-order valence-corrected chi connectivity index (χ0v) is 10.5. The van der Waals surface area contributed by atoms with Gasteiger partial charge in [-0.15, -0.1) is 0 Å². The van der Waals surface area contributed by atoms with Crippen LogP contribution in [-0.4, -0.2) is 23.0 Å². The summed E-state index contributed by atoms with van der Waals surface area (Å²) in [4.78, 5) is 19.6. The minimum absolute atomic E-state index is 0.190. The molecule has 2 aromatic rings. The fourth-order valence-corrected chi connectivity index (χ4v) is 1.61. The number of nitrogen functional groups attached to an aromatic ring is 1. The fourth-order valence-electron chi connectivity index (χ4n) is 1.61. The highest BCUT2D eigenvalue weighted by Crippen LogP contribution is 2.16. The van der Waals surface area contributed by atoms with Gasteiger partial charge in [0.15, 0.2) is 0 Å². The molecule has 2 rings (SSSR count). The topological polar surface area (TPSA) is 90.1 Å². The predicted molar refractivity (Wildman–Crippen MR) is 70.6 cm³/mol. The van der Waals surface area contributed by atoms with Crippen LogP contribution in [0.4, 0.5) is 5.82 Å². The van der Waals surface area contributed by atoms with Gasteiger partial charge in [0.05, 0.1) is 19.5 Å². The lowest BCUT2D eigenvalue weighted by Gasteiger charge is -2.09. The summed E-state index contributed by atoms with van der Waals surface area (Å²) in [5.74, 6) is 0.608. The number of para-hydroxylation sites is 1. The largest absolute Gasteiger partial charge is 0.496 e. The van der Waals surface area contributed by atoms with Crippen molar-refractivity contribution >= 4 is 11.7 Å². The molecule has 0 saturated carbocycles. The van der Waals surface area contributed by atoms with E-state index in [4.69, 9.17) is 10.5 Å². The van der Waals surface area contributed by atoms with E-state index in [2.05, 4.69) is 15.3 Å². The van der Waals surface area contributed by atoms with Crippen LogP contribution in [0.2, 0.25) is 0 Å². The van der Waals surface area contributed by atoms with E-state index < -0.39 is 0 Å². The minimum Gasteiger partial charge on any atom is -0.496 e. The van der Waals surface area contributed by atoms with E-state index in [-0.39, 0.29) is 17.4 Å². The van der Waals surface area contributed by atoms with E-state index in [0.29, 0.717) is 6.54 Å². The maximum atomic E-state index is 11.9. The molecule has 0 aliphatic carbocycles. The Bertz CT molecular complexity index is 586. The van der Waals surface area contributed by atoms with E-state index in [1.807, 2.05) is 24.3 Å². The Balaban J connectivity index is 2.04. The van der Waals surface area contributed by atoms with Crippen molar-refractivity contribution in [2.75, 3.05) is 12.8 Å². The molecule has 3 N–H and O–H groups in total. The zero-order chi connectivity index (χ0) is 13.7. The quantitative estimate of drug-likeness (QED) is 0.853. The zero-order valence-electron chi connectivity index (χ0n) is 10.5. The van der Waals surface area contributed by atoms with Crippen LogP contribution in [0.3, 0.4) is 0 Å². The molecule has 6 nitrogen and oxygen atoms in total. The molecule has 19 heavy (non-hydrogen) atoms. The van der Waals surface area contributed by atoms with Crippen molar-refractivity contribution in [3.05, 3.63) is 47.9 Å². The molecule has 6 heteroatoms. The van der Waals surface area contributed by atoms with Crippen LogP contribution < -0.4 is 15.8 Å². The summed E-state index contributed by atoms with van der Waals surface area (Å²) in [6, 6.07) is 7.46. The molecule has 0 radical (unpaired) electrons. The number of anilines is 1. The first-order valence-corrected chi connectivity index (χ1v) is 5.68. The van der Waals surface area contributed by atoms with Gasteiger partial charge in [-0.25, -0.2) is 4.98 Å². The number of benzene rings is 1. The Hall–Kier alpha value is -2.63. The SMILES string of the molecule is COc1ccccc1CNC(=O)c1cncc(N)n1. The molecule has 98 valence electrons. The number of methoxy groups -OCH3 is 1. The lowest BCUT2D eigenvalue weighted by molar-refractivity contribution is 0.0945. The first-order valence-electron chi connectivity index (χ1n) is 5.68. The van der Waals surface area contributed by atoms with Crippen molar-refractivity contribution < 1.29 is 9.53 Å². The van der Waals surface area contributed by atoms with Crippen molar-refractivity contribution in [3.63, 3.8) is 0 Å². The van der Waals surface area contributed by atoms with Crippen LogP contribution in [0.5, 0.6) is 5.75 Å². The number of amides is 1. The van der Waals surface area contributed by atoms with Gasteiger partial charge in [-0.3, -0.25) is 9.78 Å². The average Bonchev–Trinajstić information content (AvgIpc) is 2.45. The van der Waals surface area contributed by atoms with Crippen molar-refractivity contribution in [2.45, 2.75) is 6.54 Å². The molecular formula is C13H14N4O2. The van der Waals surface area contributed by atoms with Crippen LogP contribution in [0.1, 0.15) is 16.1 Å². The van der Waals surface area contributed by atoms with Gasteiger partial charge in [0.25, 0.3) is 5.91 Å². The number of rotatable bonds is 4. The van der Waals surface area contributed by atoms with Gasteiger partial charge in [0, 0.05) is 12.1 Å². The molecule has 1 heterocycles. The molecule has 1 aromatic carbocycles. The normalized spacial score (nSPS) is 9.95.